The summed E-state index contributed by atoms with van der Waals surface area (Å²) in [4.78, 5) is -0.150. The van der Waals surface area contributed by atoms with E-state index in [0.29, 0.717) is 5.92 Å². The molecule has 1 atom stereocenters. The molecule has 0 N–H and O–H groups in total. The van der Waals surface area contributed by atoms with E-state index in [4.69, 9.17) is 23.2 Å². The molecule has 1 unspecified atom stereocenters. The van der Waals surface area contributed by atoms with Gasteiger partial charge in [-0.15, -0.1) is 23.2 Å². The van der Waals surface area contributed by atoms with Gasteiger partial charge in [-0.3, -0.25) is 0 Å². The largest absolute Gasteiger partial charge is 0.110 e. The van der Waals surface area contributed by atoms with Crippen molar-refractivity contribution in [3.8, 4) is 0 Å². The SMILES string of the molecule is CC(C(Cl)Cl)C1CC1. The molecule has 2 heteroatoms. The molecule has 1 rings (SSSR count). The first-order valence-electron chi connectivity index (χ1n) is 3.00. The van der Waals surface area contributed by atoms with E-state index in [0.717, 1.165) is 5.92 Å². The highest BCUT2D eigenvalue weighted by Gasteiger charge is 2.31. The molecule has 0 saturated heterocycles. The number of hydrogen-bond donors (Lipinski definition) is 0. The van der Waals surface area contributed by atoms with Crippen LogP contribution in [0.25, 0.3) is 0 Å². The number of alkyl halides is 2. The van der Waals surface area contributed by atoms with Crippen LogP contribution >= 0.6 is 23.2 Å². The minimum absolute atomic E-state index is 0.150. The van der Waals surface area contributed by atoms with Gasteiger partial charge in [-0.2, -0.15) is 0 Å². The van der Waals surface area contributed by atoms with Gasteiger partial charge < -0.3 is 0 Å². The fourth-order valence-corrected chi connectivity index (χ4v) is 1.24. The summed E-state index contributed by atoms with van der Waals surface area (Å²) in [5, 5.41) is 0. The van der Waals surface area contributed by atoms with Gasteiger partial charge in [0, 0.05) is 0 Å². The van der Waals surface area contributed by atoms with Crippen molar-refractivity contribution in [1.82, 2.24) is 0 Å². The lowest BCUT2D eigenvalue weighted by Crippen LogP contribution is -2.05. The van der Waals surface area contributed by atoms with Crippen LogP contribution < -0.4 is 0 Å². The molecule has 1 aliphatic rings. The van der Waals surface area contributed by atoms with E-state index in [1.165, 1.54) is 12.8 Å². The molecule has 8 heavy (non-hydrogen) atoms. The lowest BCUT2D eigenvalue weighted by atomic mass is 10.1. The quantitative estimate of drug-likeness (QED) is 0.535. The number of halogens is 2. The van der Waals surface area contributed by atoms with Gasteiger partial charge in [0.2, 0.25) is 0 Å². The molecule has 0 aromatic carbocycles. The first-order valence-corrected chi connectivity index (χ1v) is 3.87. The fourth-order valence-electron chi connectivity index (χ4n) is 0.828. The third-order valence-corrected chi connectivity index (χ3v) is 2.56. The van der Waals surface area contributed by atoms with Crippen molar-refractivity contribution in [3.05, 3.63) is 0 Å². The Hall–Kier alpha value is 0.580. The zero-order chi connectivity index (χ0) is 6.15. The highest BCUT2D eigenvalue weighted by molar-refractivity contribution is 6.44. The Labute approximate surface area is 60.2 Å². The molecule has 0 nitrogen and oxygen atoms in total. The summed E-state index contributed by atoms with van der Waals surface area (Å²) >= 11 is 11.3. The van der Waals surface area contributed by atoms with Crippen molar-refractivity contribution in [3.63, 3.8) is 0 Å². The average molecular weight is 153 g/mol. The predicted molar refractivity (Wildman–Crippen MR) is 37.4 cm³/mol. The third-order valence-electron chi connectivity index (χ3n) is 1.76. The number of rotatable bonds is 2. The van der Waals surface area contributed by atoms with Crippen LogP contribution in [0.3, 0.4) is 0 Å². The van der Waals surface area contributed by atoms with Crippen LogP contribution in [-0.4, -0.2) is 4.84 Å². The summed E-state index contributed by atoms with van der Waals surface area (Å²) in [6, 6.07) is 0. The minimum atomic E-state index is -0.150. The van der Waals surface area contributed by atoms with Crippen LogP contribution in [0.2, 0.25) is 0 Å². The third kappa shape index (κ3) is 1.53. The molecule has 1 aliphatic carbocycles. The molecule has 1 saturated carbocycles. The Morgan fingerprint density at radius 1 is 1.38 bits per heavy atom. The zero-order valence-electron chi connectivity index (χ0n) is 4.90. The van der Waals surface area contributed by atoms with E-state index in [2.05, 4.69) is 6.92 Å². The predicted octanol–water partition coefficient (Wildman–Crippen LogP) is 2.84. The summed E-state index contributed by atoms with van der Waals surface area (Å²) < 4.78 is 0. The monoisotopic (exact) mass is 152 g/mol. The van der Waals surface area contributed by atoms with Gasteiger partial charge in [0.1, 0.15) is 4.84 Å². The van der Waals surface area contributed by atoms with Gasteiger partial charge >= 0.3 is 0 Å². The van der Waals surface area contributed by atoms with Crippen LogP contribution in [0.15, 0.2) is 0 Å². The van der Waals surface area contributed by atoms with Crippen molar-refractivity contribution in [2.45, 2.75) is 24.6 Å². The summed E-state index contributed by atoms with van der Waals surface area (Å²) in [7, 11) is 0. The highest BCUT2D eigenvalue weighted by atomic mass is 35.5. The summed E-state index contributed by atoms with van der Waals surface area (Å²) in [6.07, 6.45) is 2.66. The highest BCUT2D eigenvalue weighted by Crippen LogP contribution is 2.40. The minimum Gasteiger partial charge on any atom is -0.105 e. The van der Waals surface area contributed by atoms with Gasteiger partial charge in [-0.05, 0) is 24.7 Å². The van der Waals surface area contributed by atoms with Crippen molar-refractivity contribution >= 4 is 23.2 Å². The van der Waals surface area contributed by atoms with E-state index < -0.39 is 0 Å². The van der Waals surface area contributed by atoms with Crippen LogP contribution in [0.1, 0.15) is 19.8 Å². The van der Waals surface area contributed by atoms with Crippen molar-refractivity contribution < 1.29 is 0 Å². The molecular weight excluding hydrogens is 143 g/mol. The second-order valence-electron chi connectivity index (χ2n) is 2.53. The topological polar surface area (TPSA) is 0 Å². The van der Waals surface area contributed by atoms with Crippen LogP contribution in [0.5, 0.6) is 0 Å². The Kier molecular flexibility index (Phi) is 2.05. The Morgan fingerprint density at radius 3 is 2.00 bits per heavy atom. The maximum Gasteiger partial charge on any atom is 0.110 e. The van der Waals surface area contributed by atoms with Crippen LogP contribution in [-0.2, 0) is 0 Å². The second-order valence-corrected chi connectivity index (χ2v) is 3.69. The maximum atomic E-state index is 5.63. The van der Waals surface area contributed by atoms with E-state index >= 15 is 0 Å². The van der Waals surface area contributed by atoms with E-state index in [-0.39, 0.29) is 4.84 Å². The van der Waals surface area contributed by atoms with Gasteiger partial charge in [0.05, 0.1) is 0 Å². The maximum absolute atomic E-state index is 5.63. The normalized spacial score (nSPS) is 24.0. The van der Waals surface area contributed by atoms with Gasteiger partial charge in [0.15, 0.2) is 0 Å². The standard InChI is InChI=1S/C6H10Cl2/c1-4(6(7)8)5-2-3-5/h4-6H,2-3H2,1H3. The van der Waals surface area contributed by atoms with Crippen molar-refractivity contribution in [2.24, 2.45) is 11.8 Å². The van der Waals surface area contributed by atoms with Crippen LogP contribution in [0, 0.1) is 11.8 Å². The molecule has 48 valence electrons. The number of hydrogen-bond acceptors (Lipinski definition) is 0. The van der Waals surface area contributed by atoms with Crippen molar-refractivity contribution in [1.29, 1.82) is 0 Å². The summed E-state index contributed by atoms with van der Waals surface area (Å²) in [5.41, 5.74) is 0. The summed E-state index contributed by atoms with van der Waals surface area (Å²) in [6.45, 7) is 2.11. The van der Waals surface area contributed by atoms with Gasteiger partial charge in [-0.25, -0.2) is 0 Å². The molecule has 1 fully saturated rings. The van der Waals surface area contributed by atoms with Crippen LogP contribution in [0.4, 0.5) is 0 Å². The van der Waals surface area contributed by atoms with E-state index in [1.54, 1.807) is 0 Å². The molecule has 0 aromatic heterocycles. The smallest absolute Gasteiger partial charge is 0.105 e. The molecule has 0 radical (unpaired) electrons. The molecular formula is C6H10Cl2. The Balaban J connectivity index is 2.22. The van der Waals surface area contributed by atoms with Gasteiger partial charge in [-0.1, -0.05) is 6.92 Å². The van der Waals surface area contributed by atoms with E-state index in [1.807, 2.05) is 0 Å². The Bertz CT molecular complexity index is 74.6. The van der Waals surface area contributed by atoms with E-state index in [9.17, 15) is 0 Å². The first kappa shape index (κ1) is 6.70. The molecule has 0 amide bonds. The lowest BCUT2D eigenvalue weighted by Gasteiger charge is -2.08. The molecule has 0 spiro atoms. The molecule has 0 aromatic rings. The second kappa shape index (κ2) is 2.45. The fraction of sp³-hybridized carbons (Fsp3) is 1.00. The summed E-state index contributed by atoms with van der Waals surface area (Å²) in [5.74, 6) is 1.34. The molecule has 0 heterocycles. The lowest BCUT2D eigenvalue weighted by molar-refractivity contribution is 0.546. The zero-order valence-corrected chi connectivity index (χ0v) is 6.41. The molecule has 0 aliphatic heterocycles. The molecule has 0 bridgehead atoms. The first-order chi connectivity index (χ1) is 3.72. The van der Waals surface area contributed by atoms with Gasteiger partial charge in [0.25, 0.3) is 0 Å². The average Bonchev–Trinajstić information content (AvgIpc) is 2.43. The Morgan fingerprint density at radius 2 is 1.88 bits per heavy atom. The van der Waals surface area contributed by atoms with Crippen molar-refractivity contribution in [2.75, 3.05) is 0 Å².